The molecule has 0 aliphatic heterocycles. The van der Waals surface area contributed by atoms with Gasteiger partial charge in [0.05, 0.1) is 4.90 Å². The molecule has 0 radical (unpaired) electrons. The zero-order valence-electron chi connectivity index (χ0n) is 11.6. The highest BCUT2D eigenvalue weighted by Gasteiger charge is 2.29. The van der Waals surface area contributed by atoms with Gasteiger partial charge < -0.3 is 5.73 Å². The van der Waals surface area contributed by atoms with Crippen LogP contribution < -0.4 is 10.5 Å². The highest BCUT2D eigenvalue weighted by molar-refractivity contribution is 8.00. The molecule has 1 aliphatic rings. The van der Waals surface area contributed by atoms with Crippen LogP contribution in [0.25, 0.3) is 0 Å². The number of alkyl halides is 3. The van der Waals surface area contributed by atoms with E-state index in [1.54, 1.807) is 0 Å². The summed E-state index contributed by atoms with van der Waals surface area (Å²) in [5.74, 6) is 0. The van der Waals surface area contributed by atoms with Crippen molar-refractivity contribution in [3.8, 4) is 0 Å². The van der Waals surface area contributed by atoms with Gasteiger partial charge in [0.1, 0.15) is 0 Å². The van der Waals surface area contributed by atoms with Crippen LogP contribution in [0, 0.1) is 0 Å². The Morgan fingerprint density at radius 2 is 1.64 bits per heavy atom. The smallest absolute Gasteiger partial charge is 0.328 e. The van der Waals surface area contributed by atoms with Gasteiger partial charge in [0.2, 0.25) is 10.0 Å². The van der Waals surface area contributed by atoms with Crippen LogP contribution in [0.5, 0.6) is 0 Å². The SMILES string of the molecule is NC1CCC(NS(=O)(=O)c2ccc(SC(F)(F)F)cc2)CC1. The molecule has 3 N–H and O–H groups in total. The Hall–Kier alpha value is -0.770. The minimum absolute atomic E-state index is 0.0334. The number of hydrogen-bond donors (Lipinski definition) is 2. The second-order valence-corrected chi connectivity index (χ2v) is 8.10. The first-order chi connectivity index (χ1) is 10.2. The standard InChI is InChI=1S/C13H17F3N2O2S2/c14-13(15,16)21-11-5-7-12(8-6-11)22(19,20)18-10-3-1-9(17)2-4-10/h5-10,18H,1-4,17H2. The predicted octanol–water partition coefficient (Wildman–Crippen LogP) is 2.85. The molecule has 22 heavy (non-hydrogen) atoms. The van der Waals surface area contributed by atoms with Crippen molar-refractivity contribution >= 4 is 21.8 Å². The molecule has 0 spiro atoms. The van der Waals surface area contributed by atoms with Gasteiger partial charge in [-0.2, -0.15) is 13.2 Å². The van der Waals surface area contributed by atoms with Gasteiger partial charge in [0.15, 0.2) is 0 Å². The van der Waals surface area contributed by atoms with E-state index in [2.05, 4.69) is 4.72 Å². The molecule has 1 aromatic rings. The van der Waals surface area contributed by atoms with Crippen molar-refractivity contribution in [3.63, 3.8) is 0 Å². The van der Waals surface area contributed by atoms with Crippen LogP contribution in [0.15, 0.2) is 34.1 Å². The van der Waals surface area contributed by atoms with E-state index in [1.165, 1.54) is 12.1 Å². The van der Waals surface area contributed by atoms with E-state index in [1.807, 2.05) is 0 Å². The Kier molecular flexibility index (Phi) is 5.41. The molecule has 124 valence electrons. The molecule has 9 heteroatoms. The molecular formula is C13H17F3N2O2S2. The summed E-state index contributed by atoms with van der Waals surface area (Å²) in [5.41, 5.74) is 1.38. The molecule has 1 aromatic carbocycles. The maximum atomic E-state index is 12.2. The van der Waals surface area contributed by atoms with Crippen LogP contribution in [0.2, 0.25) is 0 Å². The molecular weight excluding hydrogens is 337 g/mol. The van der Waals surface area contributed by atoms with Gasteiger partial charge in [0.25, 0.3) is 0 Å². The quantitative estimate of drug-likeness (QED) is 0.816. The fourth-order valence-electron chi connectivity index (χ4n) is 2.34. The number of nitrogens with two attached hydrogens (primary N) is 1. The fraction of sp³-hybridized carbons (Fsp3) is 0.538. The number of rotatable bonds is 4. The first-order valence-electron chi connectivity index (χ1n) is 6.79. The summed E-state index contributed by atoms with van der Waals surface area (Å²) in [6, 6.07) is 4.62. The van der Waals surface area contributed by atoms with Crippen LogP contribution >= 0.6 is 11.8 Å². The third-order valence-electron chi connectivity index (χ3n) is 3.46. The molecule has 0 atom stereocenters. The van der Waals surface area contributed by atoms with Crippen LogP contribution in [0.1, 0.15) is 25.7 Å². The van der Waals surface area contributed by atoms with E-state index < -0.39 is 15.5 Å². The predicted molar refractivity (Wildman–Crippen MR) is 78.9 cm³/mol. The lowest BCUT2D eigenvalue weighted by Crippen LogP contribution is -2.40. The molecule has 0 bridgehead atoms. The number of sulfonamides is 1. The summed E-state index contributed by atoms with van der Waals surface area (Å²) in [5, 5.41) is 0. The number of halogens is 3. The maximum Gasteiger partial charge on any atom is 0.446 e. The van der Waals surface area contributed by atoms with E-state index in [0.29, 0.717) is 12.8 Å². The van der Waals surface area contributed by atoms with Crippen molar-refractivity contribution in [1.29, 1.82) is 0 Å². The van der Waals surface area contributed by atoms with E-state index in [0.717, 1.165) is 25.0 Å². The Morgan fingerprint density at radius 3 is 2.14 bits per heavy atom. The third-order valence-corrected chi connectivity index (χ3v) is 5.74. The highest BCUT2D eigenvalue weighted by Crippen LogP contribution is 2.37. The zero-order chi connectivity index (χ0) is 16.4. The Balaban J connectivity index is 2.03. The lowest BCUT2D eigenvalue weighted by atomic mass is 9.93. The minimum Gasteiger partial charge on any atom is -0.328 e. The van der Waals surface area contributed by atoms with Crippen molar-refractivity contribution in [3.05, 3.63) is 24.3 Å². The third kappa shape index (κ3) is 5.15. The first-order valence-corrected chi connectivity index (χ1v) is 9.09. The van der Waals surface area contributed by atoms with Crippen molar-refractivity contribution in [2.45, 2.75) is 53.1 Å². The van der Waals surface area contributed by atoms with Gasteiger partial charge in [-0.25, -0.2) is 13.1 Å². The molecule has 0 heterocycles. The number of thioether (sulfide) groups is 1. The van der Waals surface area contributed by atoms with Gasteiger partial charge in [-0.3, -0.25) is 0 Å². The number of nitrogens with one attached hydrogen (secondary N) is 1. The summed E-state index contributed by atoms with van der Waals surface area (Å²) >= 11 is -0.273. The topological polar surface area (TPSA) is 72.2 Å². The monoisotopic (exact) mass is 354 g/mol. The average Bonchev–Trinajstić information content (AvgIpc) is 2.40. The highest BCUT2D eigenvalue weighted by atomic mass is 32.2. The van der Waals surface area contributed by atoms with Gasteiger partial charge in [-0.15, -0.1) is 0 Å². The summed E-state index contributed by atoms with van der Waals surface area (Å²) in [6.45, 7) is 0. The summed E-state index contributed by atoms with van der Waals surface area (Å²) in [4.78, 5) is -0.0796. The lowest BCUT2D eigenvalue weighted by Gasteiger charge is -2.26. The Morgan fingerprint density at radius 1 is 1.09 bits per heavy atom. The molecule has 0 aromatic heterocycles. The normalized spacial score (nSPS) is 23.5. The Labute approximate surface area is 131 Å². The largest absolute Gasteiger partial charge is 0.446 e. The minimum atomic E-state index is -4.39. The first kappa shape index (κ1) is 17.6. The van der Waals surface area contributed by atoms with Crippen LogP contribution in [-0.4, -0.2) is 26.0 Å². The maximum absolute atomic E-state index is 12.2. The molecule has 0 unspecified atom stereocenters. The zero-order valence-corrected chi connectivity index (χ0v) is 13.3. The van der Waals surface area contributed by atoms with Gasteiger partial charge >= 0.3 is 5.51 Å². The Bertz CT molecular complexity index is 595. The summed E-state index contributed by atoms with van der Waals surface area (Å²) < 4.78 is 63.7. The van der Waals surface area contributed by atoms with Crippen molar-refractivity contribution in [2.24, 2.45) is 5.73 Å². The average molecular weight is 354 g/mol. The van der Waals surface area contributed by atoms with Crippen molar-refractivity contribution in [2.75, 3.05) is 0 Å². The fourth-order valence-corrected chi connectivity index (χ4v) is 4.19. The van der Waals surface area contributed by atoms with E-state index in [9.17, 15) is 21.6 Å². The second-order valence-electron chi connectivity index (χ2n) is 5.25. The molecule has 0 amide bonds. The second kappa shape index (κ2) is 6.77. The van der Waals surface area contributed by atoms with Crippen molar-refractivity contribution < 1.29 is 21.6 Å². The van der Waals surface area contributed by atoms with Gasteiger partial charge in [0, 0.05) is 17.0 Å². The van der Waals surface area contributed by atoms with Crippen molar-refractivity contribution in [1.82, 2.24) is 4.72 Å². The molecule has 1 fully saturated rings. The van der Waals surface area contributed by atoms with Gasteiger partial charge in [-0.05, 0) is 61.7 Å². The van der Waals surface area contributed by atoms with Crippen LogP contribution in [-0.2, 0) is 10.0 Å². The molecule has 4 nitrogen and oxygen atoms in total. The van der Waals surface area contributed by atoms with Crippen LogP contribution in [0.4, 0.5) is 13.2 Å². The molecule has 0 saturated heterocycles. The lowest BCUT2D eigenvalue weighted by molar-refractivity contribution is -0.0328. The summed E-state index contributed by atoms with van der Waals surface area (Å²) in [6.07, 6.45) is 2.85. The molecule has 1 saturated carbocycles. The van der Waals surface area contributed by atoms with Gasteiger partial charge in [-0.1, -0.05) is 0 Å². The van der Waals surface area contributed by atoms with E-state index >= 15 is 0 Å². The number of benzene rings is 1. The molecule has 2 rings (SSSR count). The number of hydrogen-bond acceptors (Lipinski definition) is 4. The van der Waals surface area contributed by atoms with E-state index in [4.69, 9.17) is 5.73 Å². The van der Waals surface area contributed by atoms with E-state index in [-0.39, 0.29) is 33.6 Å². The van der Waals surface area contributed by atoms with Crippen LogP contribution in [0.3, 0.4) is 0 Å². The summed E-state index contributed by atoms with van der Waals surface area (Å²) in [7, 11) is -3.72. The molecule has 1 aliphatic carbocycles.